The van der Waals surface area contributed by atoms with Gasteiger partial charge in [0, 0.05) is 25.2 Å². The second-order valence-corrected chi connectivity index (χ2v) is 9.75. The van der Waals surface area contributed by atoms with E-state index in [1.807, 2.05) is 38.1 Å². The highest BCUT2D eigenvalue weighted by atomic mass is 32.2. The highest BCUT2D eigenvalue weighted by Crippen LogP contribution is 2.21. The van der Waals surface area contributed by atoms with Crippen LogP contribution in [0.15, 0.2) is 53.4 Å². The van der Waals surface area contributed by atoms with Gasteiger partial charge < -0.3 is 14.8 Å². The molecule has 0 spiro atoms. The van der Waals surface area contributed by atoms with Crippen LogP contribution in [0.2, 0.25) is 0 Å². The summed E-state index contributed by atoms with van der Waals surface area (Å²) in [7, 11) is -1.98. The standard InChI is InChI=1S/C23H30N2O5S/c1-17-15-25(16-18(2)30-17)31(27,28)22-12-8-20(9-13-22)23(26)24-14-4-5-19-6-10-21(29-3)11-7-19/h6-13,17-18H,4-5,14-16H2,1-3H3,(H,24,26). The summed E-state index contributed by atoms with van der Waals surface area (Å²) in [6.07, 6.45) is 1.35. The Labute approximate surface area is 184 Å². The van der Waals surface area contributed by atoms with Crippen molar-refractivity contribution in [1.29, 1.82) is 0 Å². The average Bonchev–Trinajstić information content (AvgIpc) is 2.76. The van der Waals surface area contributed by atoms with Crippen LogP contribution in [0, 0.1) is 0 Å². The number of carbonyl (C=O) groups excluding carboxylic acids is 1. The number of nitrogens with zero attached hydrogens (tertiary/aromatic N) is 1. The molecule has 168 valence electrons. The number of morpholine rings is 1. The summed E-state index contributed by atoms with van der Waals surface area (Å²) in [5.74, 6) is 0.604. The lowest BCUT2D eigenvalue weighted by molar-refractivity contribution is -0.0440. The van der Waals surface area contributed by atoms with Gasteiger partial charge in [-0.3, -0.25) is 4.79 Å². The molecule has 1 heterocycles. The van der Waals surface area contributed by atoms with Gasteiger partial charge in [-0.15, -0.1) is 0 Å². The highest BCUT2D eigenvalue weighted by Gasteiger charge is 2.32. The Balaban J connectivity index is 1.52. The maximum Gasteiger partial charge on any atom is 0.251 e. The first-order valence-corrected chi connectivity index (χ1v) is 11.9. The van der Waals surface area contributed by atoms with Gasteiger partial charge in [-0.05, 0) is 68.7 Å². The minimum atomic E-state index is -3.61. The van der Waals surface area contributed by atoms with Crippen molar-refractivity contribution < 1.29 is 22.7 Å². The quantitative estimate of drug-likeness (QED) is 0.631. The Hall–Kier alpha value is -2.42. The first-order chi connectivity index (χ1) is 14.8. The van der Waals surface area contributed by atoms with Crippen LogP contribution in [0.25, 0.3) is 0 Å². The van der Waals surface area contributed by atoms with Crippen LogP contribution in [-0.4, -0.2) is 57.6 Å². The summed E-state index contributed by atoms with van der Waals surface area (Å²) < 4.78 is 38.0. The molecule has 0 radical (unpaired) electrons. The van der Waals surface area contributed by atoms with E-state index in [-0.39, 0.29) is 23.0 Å². The molecule has 1 amide bonds. The monoisotopic (exact) mass is 446 g/mol. The van der Waals surface area contributed by atoms with Crippen LogP contribution in [0.3, 0.4) is 0 Å². The third kappa shape index (κ3) is 6.06. The van der Waals surface area contributed by atoms with Crippen LogP contribution in [0.5, 0.6) is 5.75 Å². The van der Waals surface area contributed by atoms with Gasteiger partial charge in [0.15, 0.2) is 0 Å². The van der Waals surface area contributed by atoms with E-state index in [4.69, 9.17) is 9.47 Å². The summed E-state index contributed by atoms with van der Waals surface area (Å²) in [4.78, 5) is 12.6. The number of rotatable bonds is 8. The Morgan fingerprint density at radius 1 is 1.06 bits per heavy atom. The van der Waals surface area contributed by atoms with E-state index in [0.29, 0.717) is 25.2 Å². The third-order valence-corrected chi connectivity index (χ3v) is 7.07. The zero-order valence-corrected chi connectivity index (χ0v) is 19.0. The number of hydrogen-bond acceptors (Lipinski definition) is 5. The minimum absolute atomic E-state index is 0.151. The van der Waals surface area contributed by atoms with E-state index < -0.39 is 10.0 Å². The zero-order chi connectivity index (χ0) is 22.4. The van der Waals surface area contributed by atoms with Gasteiger partial charge >= 0.3 is 0 Å². The molecule has 0 saturated carbocycles. The maximum absolute atomic E-state index is 12.9. The number of benzene rings is 2. The van der Waals surface area contributed by atoms with Crippen molar-refractivity contribution in [3.8, 4) is 5.75 Å². The van der Waals surface area contributed by atoms with Gasteiger partial charge in [0.25, 0.3) is 5.91 Å². The molecule has 1 fully saturated rings. The average molecular weight is 447 g/mol. The molecule has 1 N–H and O–H groups in total. The van der Waals surface area contributed by atoms with Gasteiger partial charge in [-0.2, -0.15) is 4.31 Å². The summed E-state index contributed by atoms with van der Waals surface area (Å²) in [6.45, 7) is 4.90. The minimum Gasteiger partial charge on any atom is -0.497 e. The molecule has 1 saturated heterocycles. The number of nitrogens with one attached hydrogen (secondary N) is 1. The van der Waals surface area contributed by atoms with Gasteiger partial charge in [0.1, 0.15) is 5.75 Å². The van der Waals surface area contributed by atoms with Crippen molar-refractivity contribution in [3.63, 3.8) is 0 Å². The highest BCUT2D eigenvalue weighted by molar-refractivity contribution is 7.89. The van der Waals surface area contributed by atoms with Crippen molar-refractivity contribution >= 4 is 15.9 Å². The van der Waals surface area contributed by atoms with Crippen LogP contribution < -0.4 is 10.1 Å². The van der Waals surface area contributed by atoms with Gasteiger partial charge in [0.05, 0.1) is 24.2 Å². The number of amides is 1. The van der Waals surface area contributed by atoms with E-state index >= 15 is 0 Å². The normalized spacial score (nSPS) is 19.7. The lowest BCUT2D eigenvalue weighted by atomic mass is 10.1. The molecule has 7 nitrogen and oxygen atoms in total. The van der Waals surface area contributed by atoms with E-state index in [1.54, 1.807) is 19.2 Å². The van der Waals surface area contributed by atoms with Crippen molar-refractivity contribution in [3.05, 3.63) is 59.7 Å². The largest absolute Gasteiger partial charge is 0.497 e. The maximum atomic E-state index is 12.9. The predicted octanol–water partition coefficient (Wildman–Crippen LogP) is 2.86. The molecule has 31 heavy (non-hydrogen) atoms. The zero-order valence-electron chi connectivity index (χ0n) is 18.2. The molecule has 1 aliphatic rings. The molecule has 1 aliphatic heterocycles. The Kier molecular flexibility index (Phi) is 7.69. The molecule has 0 aromatic heterocycles. The van der Waals surface area contributed by atoms with E-state index in [1.165, 1.54) is 22.0 Å². The molecular formula is C23H30N2O5S. The Morgan fingerprint density at radius 3 is 2.26 bits per heavy atom. The second-order valence-electron chi connectivity index (χ2n) is 7.81. The molecule has 3 rings (SSSR count). The Bertz CT molecular complexity index is 964. The number of sulfonamides is 1. The first kappa shape index (κ1) is 23.2. The topological polar surface area (TPSA) is 84.9 Å². The molecule has 2 atom stereocenters. The van der Waals surface area contributed by atoms with Gasteiger partial charge in [-0.25, -0.2) is 8.42 Å². The summed E-state index contributed by atoms with van der Waals surface area (Å²) in [6, 6.07) is 14.0. The van der Waals surface area contributed by atoms with Crippen molar-refractivity contribution in [1.82, 2.24) is 9.62 Å². The molecule has 8 heteroatoms. The first-order valence-electron chi connectivity index (χ1n) is 10.5. The van der Waals surface area contributed by atoms with E-state index in [2.05, 4.69) is 5.32 Å². The predicted molar refractivity (Wildman–Crippen MR) is 119 cm³/mol. The molecule has 0 aliphatic carbocycles. The fraction of sp³-hybridized carbons (Fsp3) is 0.435. The number of aryl methyl sites for hydroxylation is 1. The number of ether oxygens (including phenoxy) is 2. The van der Waals surface area contributed by atoms with Crippen LogP contribution >= 0.6 is 0 Å². The molecule has 2 aromatic rings. The SMILES string of the molecule is COc1ccc(CCCNC(=O)c2ccc(S(=O)(=O)N3CC(C)OC(C)C3)cc2)cc1. The molecular weight excluding hydrogens is 416 g/mol. The third-order valence-electron chi connectivity index (χ3n) is 5.23. The summed E-state index contributed by atoms with van der Waals surface area (Å²) in [5.41, 5.74) is 1.61. The lowest BCUT2D eigenvalue weighted by Gasteiger charge is -2.34. The second kappa shape index (κ2) is 10.3. The molecule has 0 bridgehead atoms. The summed E-state index contributed by atoms with van der Waals surface area (Å²) in [5, 5.41) is 2.88. The van der Waals surface area contributed by atoms with Crippen molar-refractivity contribution in [2.75, 3.05) is 26.7 Å². The van der Waals surface area contributed by atoms with Crippen LogP contribution in [0.4, 0.5) is 0 Å². The van der Waals surface area contributed by atoms with E-state index in [0.717, 1.165) is 18.6 Å². The number of methoxy groups -OCH3 is 1. The molecule has 2 unspecified atom stereocenters. The van der Waals surface area contributed by atoms with E-state index in [9.17, 15) is 13.2 Å². The number of carbonyl (C=O) groups is 1. The van der Waals surface area contributed by atoms with Crippen molar-refractivity contribution in [2.24, 2.45) is 0 Å². The van der Waals surface area contributed by atoms with Gasteiger partial charge in [-0.1, -0.05) is 12.1 Å². The fourth-order valence-electron chi connectivity index (χ4n) is 3.64. The fourth-order valence-corrected chi connectivity index (χ4v) is 5.23. The van der Waals surface area contributed by atoms with Gasteiger partial charge in [0.2, 0.25) is 10.0 Å². The molecule has 2 aromatic carbocycles. The van der Waals surface area contributed by atoms with Crippen molar-refractivity contribution in [2.45, 2.75) is 43.8 Å². The summed E-state index contributed by atoms with van der Waals surface area (Å²) >= 11 is 0. The lowest BCUT2D eigenvalue weighted by Crippen LogP contribution is -2.48. The smallest absolute Gasteiger partial charge is 0.251 e. The Morgan fingerprint density at radius 2 is 1.68 bits per heavy atom. The number of hydrogen-bond donors (Lipinski definition) is 1. The van der Waals surface area contributed by atoms with Crippen LogP contribution in [0.1, 0.15) is 36.2 Å². The van der Waals surface area contributed by atoms with Crippen LogP contribution in [-0.2, 0) is 21.2 Å².